The highest BCUT2D eigenvalue weighted by molar-refractivity contribution is 5.96. The molecule has 2 N–H and O–H groups in total. The van der Waals surface area contributed by atoms with Crippen molar-refractivity contribution in [3.63, 3.8) is 0 Å². The van der Waals surface area contributed by atoms with Gasteiger partial charge in [-0.15, -0.1) is 5.10 Å². The summed E-state index contributed by atoms with van der Waals surface area (Å²) in [7, 11) is 0. The van der Waals surface area contributed by atoms with Crippen molar-refractivity contribution in [2.45, 2.75) is 27.0 Å². The Morgan fingerprint density at radius 2 is 1.63 bits per heavy atom. The highest BCUT2D eigenvalue weighted by atomic mass is 16.5. The molecule has 0 fully saturated rings. The van der Waals surface area contributed by atoms with Gasteiger partial charge >= 0.3 is 0 Å². The van der Waals surface area contributed by atoms with Crippen LogP contribution in [0.15, 0.2) is 41.5 Å². The summed E-state index contributed by atoms with van der Waals surface area (Å²) in [6, 6.07) is 10.6. The molecule has 27 heavy (non-hydrogen) atoms. The quantitative estimate of drug-likeness (QED) is 0.737. The molecular weight excluding hydrogens is 348 g/mol. The van der Waals surface area contributed by atoms with Gasteiger partial charge in [0.1, 0.15) is 5.75 Å². The number of rotatable bonds is 8. The van der Waals surface area contributed by atoms with Gasteiger partial charge in [0, 0.05) is 5.56 Å². The maximum absolute atomic E-state index is 10.0. The van der Waals surface area contributed by atoms with Crippen molar-refractivity contribution >= 4 is 5.90 Å². The predicted octanol–water partition coefficient (Wildman–Crippen LogP) is 3.57. The minimum absolute atomic E-state index is 0.142. The zero-order chi connectivity index (χ0) is 19.2. The molecule has 0 aromatic heterocycles. The van der Waals surface area contributed by atoms with Gasteiger partial charge in [-0.3, -0.25) is 5.43 Å². The molecule has 7 heteroatoms. The monoisotopic (exact) mass is 372 g/mol. The molecule has 0 spiro atoms. The van der Waals surface area contributed by atoms with E-state index < -0.39 is 6.23 Å². The Bertz CT molecular complexity index is 795. The first kappa shape index (κ1) is 18.7. The summed E-state index contributed by atoms with van der Waals surface area (Å²) in [6.07, 6.45) is -0.571. The number of hydrogen-bond acceptors (Lipinski definition) is 7. The summed E-state index contributed by atoms with van der Waals surface area (Å²) < 4.78 is 23.1. The van der Waals surface area contributed by atoms with Crippen molar-refractivity contribution in [1.82, 2.24) is 5.43 Å². The number of benzene rings is 2. The Morgan fingerprint density at radius 3 is 2.22 bits per heavy atom. The molecule has 3 rings (SSSR count). The van der Waals surface area contributed by atoms with Crippen molar-refractivity contribution in [3.8, 4) is 23.0 Å². The number of para-hydroxylation sites is 1. The SMILES string of the molecule is CCOc1cc(C2=NNC(c3ccccc3O)O2)cc(OCC)c1OCC. The van der Waals surface area contributed by atoms with E-state index in [9.17, 15) is 5.11 Å². The maximum atomic E-state index is 10.0. The zero-order valence-corrected chi connectivity index (χ0v) is 15.7. The summed E-state index contributed by atoms with van der Waals surface area (Å²) in [5, 5.41) is 14.3. The normalized spacial score (nSPS) is 15.5. The first-order valence-electron chi connectivity index (χ1n) is 9.02. The van der Waals surface area contributed by atoms with Crippen LogP contribution in [-0.2, 0) is 4.74 Å². The molecule has 0 saturated heterocycles. The maximum Gasteiger partial charge on any atom is 0.240 e. The zero-order valence-electron chi connectivity index (χ0n) is 15.7. The Hall–Kier alpha value is -3.09. The lowest BCUT2D eigenvalue weighted by atomic mass is 10.1. The van der Waals surface area contributed by atoms with Gasteiger partial charge in [0.2, 0.25) is 17.9 Å². The number of nitrogens with one attached hydrogen (secondary N) is 1. The summed E-state index contributed by atoms with van der Waals surface area (Å²) >= 11 is 0. The summed E-state index contributed by atoms with van der Waals surface area (Å²) in [4.78, 5) is 0. The molecule has 0 amide bonds. The number of aromatic hydroxyl groups is 1. The van der Waals surface area contributed by atoms with Gasteiger partial charge in [0.05, 0.1) is 25.4 Å². The molecule has 1 aliphatic heterocycles. The fourth-order valence-electron chi connectivity index (χ4n) is 2.77. The van der Waals surface area contributed by atoms with Gasteiger partial charge in [-0.2, -0.15) is 0 Å². The van der Waals surface area contributed by atoms with Crippen molar-refractivity contribution in [3.05, 3.63) is 47.5 Å². The average Bonchev–Trinajstić information content (AvgIpc) is 3.15. The van der Waals surface area contributed by atoms with E-state index in [1.165, 1.54) is 0 Å². The number of phenolic OH excluding ortho intramolecular Hbond substituents is 1. The number of ether oxygens (including phenoxy) is 4. The molecule has 0 aliphatic carbocycles. The van der Waals surface area contributed by atoms with E-state index in [1.54, 1.807) is 18.2 Å². The molecular formula is C20H24N2O5. The van der Waals surface area contributed by atoms with Crippen molar-refractivity contribution in [2.24, 2.45) is 5.10 Å². The number of hydrogen-bond donors (Lipinski definition) is 2. The van der Waals surface area contributed by atoms with E-state index >= 15 is 0 Å². The topological polar surface area (TPSA) is 81.5 Å². The molecule has 1 heterocycles. The lowest BCUT2D eigenvalue weighted by molar-refractivity contribution is 0.187. The third-order valence-corrected chi connectivity index (χ3v) is 3.89. The molecule has 2 aromatic carbocycles. The fraction of sp³-hybridized carbons (Fsp3) is 0.350. The van der Waals surface area contributed by atoms with Gasteiger partial charge < -0.3 is 24.1 Å². The van der Waals surface area contributed by atoms with E-state index in [-0.39, 0.29) is 5.75 Å². The number of hydrazone groups is 1. The van der Waals surface area contributed by atoms with Gasteiger partial charge in [-0.1, -0.05) is 12.1 Å². The molecule has 144 valence electrons. The molecule has 2 aromatic rings. The minimum atomic E-state index is -0.571. The van der Waals surface area contributed by atoms with Crippen LogP contribution in [0.25, 0.3) is 0 Å². The van der Waals surface area contributed by atoms with Crippen LogP contribution in [0, 0.1) is 0 Å². The number of phenols is 1. The van der Waals surface area contributed by atoms with E-state index in [1.807, 2.05) is 39.0 Å². The predicted molar refractivity (Wildman–Crippen MR) is 102 cm³/mol. The van der Waals surface area contributed by atoms with Crippen LogP contribution in [0.5, 0.6) is 23.0 Å². The van der Waals surface area contributed by atoms with Gasteiger partial charge in [-0.05, 0) is 45.0 Å². The third kappa shape index (κ3) is 4.02. The van der Waals surface area contributed by atoms with Crippen LogP contribution >= 0.6 is 0 Å². The van der Waals surface area contributed by atoms with Gasteiger partial charge in [-0.25, -0.2) is 0 Å². The molecule has 1 atom stereocenters. The van der Waals surface area contributed by atoms with Crippen molar-refractivity contribution in [1.29, 1.82) is 0 Å². The van der Waals surface area contributed by atoms with Gasteiger partial charge in [0.25, 0.3) is 0 Å². The van der Waals surface area contributed by atoms with Crippen LogP contribution in [0.4, 0.5) is 0 Å². The second-order valence-corrected chi connectivity index (χ2v) is 5.70. The molecule has 1 aliphatic rings. The first-order valence-corrected chi connectivity index (χ1v) is 9.02. The van der Waals surface area contributed by atoms with E-state index in [2.05, 4.69) is 10.5 Å². The van der Waals surface area contributed by atoms with Crippen LogP contribution in [0.3, 0.4) is 0 Å². The van der Waals surface area contributed by atoms with Crippen LogP contribution in [0.2, 0.25) is 0 Å². The molecule has 0 bridgehead atoms. The standard InChI is InChI=1S/C20H24N2O5/c1-4-24-16-11-13(12-17(25-5-2)18(16)26-6-3)19-21-22-20(27-19)14-9-7-8-10-15(14)23/h7-12,20,22-23H,4-6H2,1-3H3. The van der Waals surface area contributed by atoms with E-state index in [4.69, 9.17) is 18.9 Å². The summed E-state index contributed by atoms with van der Waals surface area (Å²) in [6.45, 7) is 7.19. The highest BCUT2D eigenvalue weighted by Crippen LogP contribution is 2.40. The summed E-state index contributed by atoms with van der Waals surface area (Å²) in [5.74, 6) is 2.22. The van der Waals surface area contributed by atoms with Crippen molar-refractivity contribution in [2.75, 3.05) is 19.8 Å². The second-order valence-electron chi connectivity index (χ2n) is 5.70. The smallest absolute Gasteiger partial charge is 0.240 e. The third-order valence-electron chi connectivity index (χ3n) is 3.89. The summed E-state index contributed by atoms with van der Waals surface area (Å²) in [5.41, 5.74) is 4.20. The Morgan fingerprint density at radius 1 is 1.00 bits per heavy atom. The fourth-order valence-corrected chi connectivity index (χ4v) is 2.77. The molecule has 1 unspecified atom stereocenters. The lowest BCUT2D eigenvalue weighted by Crippen LogP contribution is -2.13. The lowest BCUT2D eigenvalue weighted by Gasteiger charge is -2.17. The van der Waals surface area contributed by atoms with Crippen LogP contribution in [-0.4, -0.2) is 30.8 Å². The second kappa shape index (κ2) is 8.53. The highest BCUT2D eigenvalue weighted by Gasteiger charge is 2.26. The van der Waals surface area contributed by atoms with Gasteiger partial charge in [0.15, 0.2) is 11.5 Å². The first-order chi connectivity index (χ1) is 13.2. The Labute approximate surface area is 158 Å². The van der Waals surface area contributed by atoms with Crippen LogP contribution in [0.1, 0.15) is 38.1 Å². The minimum Gasteiger partial charge on any atom is -0.507 e. The average molecular weight is 372 g/mol. The number of nitrogens with zero attached hydrogens (tertiary/aromatic N) is 1. The largest absolute Gasteiger partial charge is 0.507 e. The van der Waals surface area contributed by atoms with Crippen molar-refractivity contribution < 1.29 is 24.1 Å². The molecule has 0 radical (unpaired) electrons. The van der Waals surface area contributed by atoms with E-state index in [0.717, 1.165) is 0 Å². The Kier molecular flexibility index (Phi) is 5.90. The van der Waals surface area contributed by atoms with E-state index in [0.29, 0.717) is 54.1 Å². The Balaban J connectivity index is 1.91. The van der Waals surface area contributed by atoms with Crippen LogP contribution < -0.4 is 19.6 Å². The molecule has 0 saturated carbocycles. The molecule has 7 nitrogen and oxygen atoms in total.